The predicted molar refractivity (Wildman–Crippen MR) is 93.0 cm³/mol. The van der Waals surface area contributed by atoms with Crippen LogP contribution in [0.5, 0.6) is 0 Å². The number of rotatable bonds is 8. The standard InChI is InChI=1S/C16H23N3O5S/c1-5-19(6-2)25(22,23)14-10-8-13(9-11-14)17-18-15(12(4)20)16(21)24-7-3/h8-11,20H,5-7H2,1-4H3/b15-12-,18-17?. The highest BCUT2D eigenvalue weighted by Gasteiger charge is 2.21. The lowest BCUT2D eigenvalue weighted by atomic mass is 10.3. The van der Waals surface area contributed by atoms with Crippen LogP contribution in [0.3, 0.4) is 0 Å². The largest absolute Gasteiger partial charge is 0.510 e. The number of azo groups is 1. The first-order valence-corrected chi connectivity index (χ1v) is 9.30. The highest BCUT2D eigenvalue weighted by Crippen LogP contribution is 2.21. The summed E-state index contributed by atoms with van der Waals surface area (Å²) in [6.07, 6.45) is 0. The summed E-state index contributed by atoms with van der Waals surface area (Å²) in [5.74, 6) is -1.10. The van der Waals surface area contributed by atoms with Crippen LogP contribution >= 0.6 is 0 Å². The van der Waals surface area contributed by atoms with Crippen LogP contribution in [0.2, 0.25) is 0 Å². The Morgan fingerprint density at radius 1 is 1.16 bits per heavy atom. The molecular formula is C16H23N3O5S. The molecule has 9 heteroatoms. The van der Waals surface area contributed by atoms with Crippen LogP contribution in [0, 0.1) is 0 Å². The molecule has 0 aromatic heterocycles. The van der Waals surface area contributed by atoms with Crippen molar-refractivity contribution in [2.45, 2.75) is 32.6 Å². The molecule has 0 aliphatic carbocycles. The first-order chi connectivity index (χ1) is 11.8. The zero-order chi connectivity index (χ0) is 19.0. The van der Waals surface area contributed by atoms with Gasteiger partial charge in [-0.25, -0.2) is 13.2 Å². The van der Waals surface area contributed by atoms with E-state index < -0.39 is 16.0 Å². The molecule has 1 N–H and O–H groups in total. The van der Waals surface area contributed by atoms with Gasteiger partial charge in [0.2, 0.25) is 15.7 Å². The van der Waals surface area contributed by atoms with Gasteiger partial charge >= 0.3 is 5.97 Å². The molecule has 0 heterocycles. The number of ether oxygens (including phenoxy) is 1. The van der Waals surface area contributed by atoms with Crippen LogP contribution in [0.15, 0.2) is 50.8 Å². The van der Waals surface area contributed by atoms with E-state index in [9.17, 15) is 18.3 Å². The number of esters is 1. The van der Waals surface area contributed by atoms with Gasteiger partial charge in [0.1, 0.15) is 5.76 Å². The molecule has 0 saturated carbocycles. The van der Waals surface area contributed by atoms with Gasteiger partial charge in [0.05, 0.1) is 17.2 Å². The van der Waals surface area contributed by atoms with E-state index in [4.69, 9.17) is 4.74 Å². The van der Waals surface area contributed by atoms with Crippen LogP contribution in [0.4, 0.5) is 5.69 Å². The second-order valence-electron chi connectivity index (χ2n) is 4.94. The third kappa shape index (κ3) is 5.36. The lowest BCUT2D eigenvalue weighted by Gasteiger charge is -2.18. The first kappa shape index (κ1) is 20.8. The molecule has 0 amide bonds. The first-order valence-electron chi connectivity index (χ1n) is 7.86. The summed E-state index contributed by atoms with van der Waals surface area (Å²) in [6.45, 7) is 7.37. The molecule has 1 aromatic rings. The van der Waals surface area contributed by atoms with E-state index in [1.54, 1.807) is 20.8 Å². The Bertz CT molecular complexity index is 746. The fourth-order valence-electron chi connectivity index (χ4n) is 1.97. The molecule has 0 aliphatic heterocycles. The van der Waals surface area contributed by atoms with Crippen LogP contribution < -0.4 is 0 Å². The molecule has 138 valence electrons. The van der Waals surface area contributed by atoms with Crippen molar-refractivity contribution in [3.63, 3.8) is 0 Å². The summed E-state index contributed by atoms with van der Waals surface area (Å²) in [6, 6.07) is 5.77. The van der Waals surface area contributed by atoms with E-state index in [1.165, 1.54) is 35.5 Å². The molecule has 25 heavy (non-hydrogen) atoms. The third-order valence-corrected chi connectivity index (χ3v) is 5.32. The molecule has 1 rings (SSSR count). The molecule has 0 radical (unpaired) electrons. The van der Waals surface area contributed by atoms with Crippen molar-refractivity contribution in [3.8, 4) is 0 Å². The number of nitrogens with zero attached hydrogens (tertiary/aromatic N) is 3. The number of carbonyl (C=O) groups excluding carboxylic acids is 1. The van der Waals surface area contributed by atoms with Gasteiger partial charge < -0.3 is 9.84 Å². The number of hydrogen-bond donors (Lipinski definition) is 1. The lowest BCUT2D eigenvalue weighted by molar-refractivity contribution is -0.138. The fourth-order valence-corrected chi connectivity index (χ4v) is 3.42. The number of carbonyl (C=O) groups is 1. The molecule has 0 bridgehead atoms. The molecule has 1 aromatic carbocycles. The van der Waals surface area contributed by atoms with Gasteiger partial charge in [0.15, 0.2) is 0 Å². The second kappa shape index (κ2) is 9.28. The van der Waals surface area contributed by atoms with Crippen LogP contribution in [0.1, 0.15) is 27.7 Å². The summed E-state index contributed by atoms with van der Waals surface area (Å²) < 4.78 is 30.9. The van der Waals surface area contributed by atoms with Gasteiger partial charge in [-0.1, -0.05) is 13.8 Å². The third-order valence-electron chi connectivity index (χ3n) is 3.26. The summed E-state index contributed by atoms with van der Waals surface area (Å²) in [4.78, 5) is 11.8. The molecule has 0 atom stereocenters. The molecule has 0 fully saturated rings. The highest BCUT2D eigenvalue weighted by molar-refractivity contribution is 7.89. The maximum absolute atomic E-state index is 12.4. The van der Waals surface area contributed by atoms with Crippen LogP contribution in [-0.2, 0) is 19.6 Å². The minimum absolute atomic E-state index is 0.142. The Kier molecular flexibility index (Phi) is 7.72. The van der Waals surface area contributed by atoms with Crippen LogP contribution in [0.25, 0.3) is 0 Å². The van der Waals surface area contributed by atoms with E-state index in [2.05, 4.69) is 10.2 Å². The molecule has 0 spiro atoms. The smallest absolute Gasteiger partial charge is 0.362 e. The average Bonchev–Trinajstić information content (AvgIpc) is 2.56. The molecular weight excluding hydrogens is 346 g/mol. The Balaban J connectivity index is 3.04. The van der Waals surface area contributed by atoms with E-state index in [1.807, 2.05) is 0 Å². The second-order valence-corrected chi connectivity index (χ2v) is 6.88. The Morgan fingerprint density at radius 2 is 1.72 bits per heavy atom. The minimum Gasteiger partial charge on any atom is -0.510 e. The summed E-state index contributed by atoms with van der Waals surface area (Å²) in [7, 11) is -3.55. The Hall–Kier alpha value is -2.26. The molecule has 8 nitrogen and oxygen atoms in total. The van der Waals surface area contributed by atoms with Crippen LogP contribution in [-0.4, -0.2) is 43.5 Å². The SMILES string of the molecule is CCOC(=O)/C(N=Nc1ccc(S(=O)(=O)N(CC)CC)cc1)=C(\C)O. The number of hydrogen-bond acceptors (Lipinski definition) is 7. The van der Waals surface area contributed by atoms with Crippen molar-refractivity contribution in [1.29, 1.82) is 0 Å². The highest BCUT2D eigenvalue weighted by atomic mass is 32.2. The van der Waals surface area contributed by atoms with E-state index in [0.717, 1.165) is 0 Å². The van der Waals surface area contributed by atoms with Gasteiger partial charge in [-0.3, -0.25) is 0 Å². The quantitative estimate of drug-likeness (QED) is 0.328. The van der Waals surface area contributed by atoms with Gasteiger partial charge in [-0.15, -0.1) is 5.11 Å². The van der Waals surface area contributed by atoms with Gasteiger partial charge in [0, 0.05) is 13.1 Å². The maximum atomic E-state index is 12.4. The summed E-state index contributed by atoms with van der Waals surface area (Å²) >= 11 is 0. The molecule has 0 unspecified atom stereocenters. The van der Waals surface area contributed by atoms with Crippen molar-refractivity contribution in [1.82, 2.24) is 4.31 Å². The van der Waals surface area contributed by atoms with Crippen molar-refractivity contribution in [2.75, 3.05) is 19.7 Å². The summed E-state index contributed by atoms with van der Waals surface area (Å²) in [5.41, 5.74) is 0.0308. The Morgan fingerprint density at radius 3 is 2.16 bits per heavy atom. The number of aliphatic hydroxyl groups excluding tert-OH is 1. The fraction of sp³-hybridized carbons (Fsp3) is 0.438. The normalized spacial score (nSPS) is 13.2. The molecule has 0 aliphatic rings. The number of allylic oxidation sites excluding steroid dienone is 1. The van der Waals surface area contributed by atoms with Gasteiger partial charge in [-0.05, 0) is 38.1 Å². The maximum Gasteiger partial charge on any atom is 0.362 e. The van der Waals surface area contributed by atoms with E-state index in [-0.39, 0.29) is 23.0 Å². The van der Waals surface area contributed by atoms with Gasteiger partial charge in [-0.2, -0.15) is 9.42 Å². The zero-order valence-corrected chi connectivity index (χ0v) is 15.6. The lowest BCUT2D eigenvalue weighted by Crippen LogP contribution is -2.30. The van der Waals surface area contributed by atoms with Gasteiger partial charge in [0.25, 0.3) is 0 Å². The van der Waals surface area contributed by atoms with Crippen molar-refractivity contribution in [3.05, 3.63) is 35.7 Å². The number of aliphatic hydroxyl groups is 1. The van der Waals surface area contributed by atoms with Crippen molar-refractivity contribution < 1.29 is 23.1 Å². The average molecular weight is 369 g/mol. The van der Waals surface area contributed by atoms with E-state index >= 15 is 0 Å². The number of benzene rings is 1. The predicted octanol–water partition coefficient (Wildman–Crippen LogP) is 3.15. The Labute approximate surface area is 147 Å². The molecule has 0 saturated heterocycles. The van der Waals surface area contributed by atoms with E-state index in [0.29, 0.717) is 18.8 Å². The number of sulfonamides is 1. The van der Waals surface area contributed by atoms with Crippen molar-refractivity contribution in [2.24, 2.45) is 10.2 Å². The zero-order valence-electron chi connectivity index (χ0n) is 14.8. The monoisotopic (exact) mass is 369 g/mol. The summed E-state index contributed by atoms with van der Waals surface area (Å²) in [5, 5.41) is 17.0. The minimum atomic E-state index is -3.55. The topological polar surface area (TPSA) is 109 Å². The van der Waals surface area contributed by atoms with Crippen molar-refractivity contribution >= 4 is 21.7 Å².